The van der Waals surface area contributed by atoms with Crippen molar-refractivity contribution in [3.8, 4) is 5.69 Å². The van der Waals surface area contributed by atoms with Crippen molar-refractivity contribution in [2.75, 3.05) is 0 Å². The fourth-order valence-electron chi connectivity index (χ4n) is 1.99. The van der Waals surface area contributed by atoms with E-state index < -0.39 is 5.97 Å². The second-order valence-corrected chi connectivity index (χ2v) is 4.62. The summed E-state index contributed by atoms with van der Waals surface area (Å²) in [6.07, 6.45) is 1.49. The second kappa shape index (κ2) is 5.22. The van der Waals surface area contributed by atoms with Gasteiger partial charge < -0.3 is 5.11 Å². The molecule has 0 aliphatic heterocycles. The van der Waals surface area contributed by atoms with Gasteiger partial charge in [0.05, 0.1) is 11.4 Å². The molecular weight excluding hydrogens is 242 g/mol. The quantitative estimate of drug-likeness (QED) is 0.916. The fraction of sp³-hybridized carbons (Fsp3) is 0.357. The summed E-state index contributed by atoms with van der Waals surface area (Å²) in [7, 11) is 0. The molecule has 2 rings (SSSR count). The molecule has 5 heteroatoms. The van der Waals surface area contributed by atoms with E-state index in [2.05, 4.69) is 10.3 Å². The van der Waals surface area contributed by atoms with Gasteiger partial charge in [-0.15, -0.1) is 5.10 Å². The molecule has 0 unspecified atom stereocenters. The summed E-state index contributed by atoms with van der Waals surface area (Å²) >= 11 is 0. The van der Waals surface area contributed by atoms with E-state index in [1.807, 2.05) is 39.0 Å². The molecule has 5 nitrogen and oxygen atoms in total. The molecule has 1 aromatic carbocycles. The van der Waals surface area contributed by atoms with Crippen LogP contribution in [0.15, 0.2) is 18.2 Å². The molecule has 0 saturated heterocycles. The van der Waals surface area contributed by atoms with E-state index in [1.54, 1.807) is 4.68 Å². The predicted octanol–water partition coefficient (Wildman–Crippen LogP) is 2.53. The summed E-state index contributed by atoms with van der Waals surface area (Å²) in [5.74, 6) is -1.03. The van der Waals surface area contributed by atoms with E-state index in [0.29, 0.717) is 12.1 Å². The van der Waals surface area contributed by atoms with Crippen molar-refractivity contribution in [3.63, 3.8) is 0 Å². The van der Waals surface area contributed by atoms with Crippen molar-refractivity contribution in [1.82, 2.24) is 15.0 Å². The lowest BCUT2D eigenvalue weighted by Crippen LogP contribution is -2.07. The summed E-state index contributed by atoms with van der Waals surface area (Å²) in [6.45, 7) is 6.06. The molecule has 0 radical (unpaired) electrons. The van der Waals surface area contributed by atoms with Crippen LogP contribution in [0.3, 0.4) is 0 Å². The van der Waals surface area contributed by atoms with Gasteiger partial charge in [0.25, 0.3) is 0 Å². The second-order valence-electron chi connectivity index (χ2n) is 4.62. The highest BCUT2D eigenvalue weighted by Gasteiger charge is 2.19. The highest BCUT2D eigenvalue weighted by molar-refractivity contribution is 5.86. The zero-order valence-corrected chi connectivity index (χ0v) is 11.3. The van der Waals surface area contributed by atoms with Crippen molar-refractivity contribution in [1.29, 1.82) is 0 Å². The molecule has 1 aromatic heterocycles. The zero-order chi connectivity index (χ0) is 14.0. The largest absolute Gasteiger partial charge is 0.476 e. The average molecular weight is 259 g/mol. The third-order valence-corrected chi connectivity index (χ3v) is 3.19. The van der Waals surface area contributed by atoms with Crippen molar-refractivity contribution in [2.24, 2.45) is 0 Å². The fourth-order valence-corrected chi connectivity index (χ4v) is 1.99. The van der Waals surface area contributed by atoms with E-state index in [1.165, 1.54) is 5.56 Å². The minimum absolute atomic E-state index is 0.0417. The predicted molar refractivity (Wildman–Crippen MR) is 71.8 cm³/mol. The van der Waals surface area contributed by atoms with Crippen LogP contribution in [0.2, 0.25) is 0 Å². The molecule has 0 aliphatic carbocycles. The van der Waals surface area contributed by atoms with Gasteiger partial charge in [0, 0.05) is 0 Å². The molecule has 1 N–H and O–H groups in total. The smallest absolute Gasteiger partial charge is 0.358 e. The van der Waals surface area contributed by atoms with Crippen LogP contribution < -0.4 is 0 Å². The van der Waals surface area contributed by atoms with Crippen molar-refractivity contribution in [3.05, 3.63) is 40.7 Å². The standard InChI is InChI=1S/C14H17N3O2/c1-4-5-12-13(14(18)19)15-16-17(12)11-7-6-9(2)10(3)8-11/h6-8H,4-5H2,1-3H3,(H,18,19). The minimum Gasteiger partial charge on any atom is -0.476 e. The Morgan fingerprint density at radius 2 is 2.05 bits per heavy atom. The highest BCUT2D eigenvalue weighted by Crippen LogP contribution is 2.18. The van der Waals surface area contributed by atoms with Gasteiger partial charge in [-0.25, -0.2) is 9.48 Å². The Labute approximate surface area is 111 Å². The van der Waals surface area contributed by atoms with Crippen molar-refractivity contribution in [2.45, 2.75) is 33.6 Å². The lowest BCUT2D eigenvalue weighted by molar-refractivity contribution is 0.0689. The third kappa shape index (κ3) is 2.50. The Hall–Kier alpha value is -2.17. The molecule has 0 fully saturated rings. The van der Waals surface area contributed by atoms with Crippen LogP contribution in [0.25, 0.3) is 5.69 Å². The first-order valence-electron chi connectivity index (χ1n) is 6.30. The van der Waals surface area contributed by atoms with Crippen LogP contribution in [0.1, 0.15) is 40.7 Å². The van der Waals surface area contributed by atoms with Crippen LogP contribution >= 0.6 is 0 Å². The van der Waals surface area contributed by atoms with Crippen LogP contribution in [-0.4, -0.2) is 26.1 Å². The van der Waals surface area contributed by atoms with Gasteiger partial charge in [0.2, 0.25) is 0 Å². The maximum Gasteiger partial charge on any atom is 0.358 e. The Morgan fingerprint density at radius 1 is 1.32 bits per heavy atom. The Bertz CT molecular complexity index is 617. The first kappa shape index (κ1) is 13.3. The third-order valence-electron chi connectivity index (χ3n) is 3.19. The Kier molecular flexibility index (Phi) is 3.64. The van der Waals surface area contributed by atoms with Gasteiger partial charge in [0.15, 0.2) is 5.69 Å². The molecule has 0 saturated carbocycles. The number of aryl methyl sites for hydroxylation is 2. The number of hydrogen-bond donors (Lipinski definition) is 1. The monoisotopic (exact) mass is 259 g/mol. The maximum absolute atomic E-state index is 11.1. The molecule has 100 valence electrons. The van der Waals surface area contributed by atoms with Crippen molar-refractivity contribution >= 4 is 5.97 Å². The van der Waals surface area contributed by atoms with E-state index >= 15 is 0 Å². The van der Waals surface area contributed by atoms with E-state index in [-0.39, 0.29) is 5.69 Å². The van der Waals surface area contributed by atoms with Crippen LogP contribution in [0.4, 0.5) is 0 Å². The van der Waals surface area contributed by atoms with Crippen LogP contribution in [0.5, 0.6) is 0 Å². The topological polar surface area (TPSA) is 68.0 Å². The lowest BCUT2D eigenvalue weighted by Gasteiger charge is -2.08. The number of aromatic nitrogens is 3. The Balaban J connectivity index is 2.55. The van der Waals surface area contributed by atoms with Gasteiger partial charge in [-0.05, 0) is 43.5 Å². The summed E-state index contributed by atoms with van der Waals surface area (Å²) < 4.78 is 1.62. The van der Waals surface area contributed by atoms with E-state index in [0.717, 1.165) is 17.7 Å². The van der Waals surface area contributed by atoms with Crippen LogP contribution in [-0.2, 0) is 6.42 Å². The maximum atomic E-state index is 11.1. The molecule has 0 bridgehead atoms. The number of benzene rings is 1. The lowest BCUT2D eigenvalue weighted by atomic mass is 10.1. The van der Waals surface area contributed by atoms with Gasteiger partial charge >= 0.3 is 5.97 Å². The first-order valence-corrected chi connectivity index (χ1v) is 6.30. The highest BCUT2D eigenvalue weighted by atomic mass is 16.4. The number of hydrogen-bond acceptors (Lipinski definition) is 3. The number of nitrogens with zero attached hydrogens (tertiary/aromatic N) is 3. The number of carboxylic acid groups (broad SMARTS) is 1. The van der Waals surface area contributed by atoms with E-state index in [4.69, 9.17) is 5.11 Å². The normalized spacial score (nSPS) is 10.7. The molecule has 0 spiro atoms. The SMILES string of the molecule is CCCc1c(C(=O)O)nnn1-c1ccc(C)c(C)c1. The molecule has 0 amide bonds. The summed E-state index contributed by atoms with van der Waals surface area (Å²) in [5, 5.41) is 16.9. The average Bonchev–Trinajstić information content (AvgIpc) is 2.77. The molecular formula is C14H17N3O2. The number of carboxylic acids is 1. The molecule has 0 atom stereocenters. The summed E-state index contributed by atoms with van der Waals surface area (Å²) in [4.78, 5) is 11.1. The molecule has 19 heavy (non-hydrogen) atoms. The Morgan fingerprint density at radius 3 is 2.63 bits per heavy atom. The van der Waals surface area contributed by atoms with Crippen molar-refractivity contribution < 1.29 is 9.90 Å². The minimum atomic E-state index is -1.03. The summed E-state index contributed by atoms with van der Waals surface area (Å²) in [5.41, 5.74) is 3.89. The summed E-state index contributed by atoms with van der Waals surface area (Å²) in [6, 6.07) is 5.93. The van der Waals surface area contributed by atoms with Gasteiger partial charge in [-0.3, -0.25) is 0 Å². The van der Waals surface area contributed by atoms with Gasteiger partial charge in [-0.2, -0.15) is 0 Å². The first-order chi connectivity index (χ1) is 9.04. The number of rotatable bonds is 4. The van der Waals surface area contributed by atoms with Gasteiger partial charge in [-0.1, -0.05) is 24.6 Å². The van der Waals surface area contributed by atoms with Gasteiger partial charge in [0.1, 0.15) is 0 Å². The van der Waals surface area contributed by atoms with E-state index in [9.17, 15) is 4.79 Å². The number of carbonyl (C=O) groups is 1. The molecule has 2 aromatic rings. The molecule has 0 aliphatic rings. The molecule has 1 heterocycles. The number of aromatic carboxylic acids is 1. The zero-order valence-electron chi connectivity index (χ0n) is 11.3. The van der Waals surface area contributed by atoms with Crippen LogP contribution in [0, 0.1) is 13.8 Å².